The summed E-state index contributed by atoms with van der Waals surface area (Å²) >= 11 is 6.35. The standard InChI is InChI=1S/C18H24ClN5O/c1-13(12-23-9-5-2-6-10-23)18-21-17(11-16(20)25)22-24(18)15-8-4-3-7-14(15)19/h3-4,7-8,13H,2,5-6,9-12H2,1H3,(H2,20,25). The van der Waals surface area contributed by atoms with Gasteiger partial charge in [-0.3, -0.25) is 4.79 Å². The summed E-state index contributed by atoms with van der Waals surface area (Å²) in [5.41, 5.74) is 6.09. The Morgan fingerprint density at radius 2 is 2.00 bits per heavy atom. The summed E-state index contributed by atoms with van der Waals surface area (Å²) in [6, 6.07) is 7.52. The monoisotopic (exact) mass is 361 g/mol. The summed E-state index contributed by atoms with van der Waals surface area (Å²) in [6.07, 6.45) is 3.83. The minimum Gasteiger partial charge on any atom is -0.369 e. The highest BCUT2D eigenvalue weighted by Crippen LogP contribution is 2.25. The van der Waals surface area contributed by atoms with Crippen molar-refractivity contribution in [2.45, 2.75) is 38.5 Å². The Morgan fingerprint density at radius 1 is 1.28 bits per heavy atom. The minimum absolute atomic E-state index is 0.0287. The van der Waals surface area contributed by atoms with Gasteiger partial charge in [-0.05, 0) is 38.1 Å². The summed E-state index contributed by atoms with van der Waals surface area (Å²) in [6.45, 7) is 5.30. The second kappa shape index (κ2) is 7.97. The van der Waals surface area contributed by atoms with Crippen molar-refractivity contribution in [2.75, 3.05) is 19.6 Å². The zero-order chi connectivity index (χ0) is 17.8. The van der Waals surface area contributed by atoms with Crippen LogP contribution in [-0.2, 0) is 11.2 Å². The first kappa shape index (κ1) is 17.9. The molecule has 1 atom stereocenters. The van der Waals surface area contributed by atoms with Gasteiger partial charge in [0.1, 0.15) is 5.82 Å². The molecule has 1 aromatic carbocycles. The van der Waals surface area contributed by atoms with Crippen LogP contribution in [0.3, 0.4) is 0 Å². The molecule has 134 valence electrons. The molecule has 1 saturated heterocycles. The molecule has 2 aromatic rings. The molecule has 1 fully saturated rings. The molecule has 2 N–H and O–H groups in total. The quantitative estimate of drug-likeness (QED) is 0.857. The molecule has 0 saturated carbocycles. The summed E-state index contributed by atoms with van der Waals surface area (Å²) < 4.78 is 1.76. The molecule has 1 unspecified atom stereocenters. The van der Waals surface area contributed by atoms with E-state index in [2.05, 4.69) is 21.9 Å². The van der Waals surface area contributed by atoms with Crippen LogP contribution in [-0.4, -0.2) is 45.2 Å². The smallest absolute Gasteiger partial charge is 0.225 e. The van der Waals surface area contributed by atoms with Crippen LogP contribution in [0.4, 0.5) is 0 Å². The van der Waals surface area contributed by atoms with Crippen molar-refractivity contribution in [1.29, 1.82) is 0 Å². The first-order chi connectivity index (χ1) is 12.0. The Bertz CT molecular complexity index is 739. The van der Waals surface area contributed by atoms with Gasteiger partial charge in [0.2, 0.25) is 5.91 Å². The molecule has 3 rings (SSSR count). The highest BCUT2D eigenvalue weighted by atomic mass is 35.5. The SMILES string of the molecule is CC(CN1CCCCC1)c1nc(CC(N)=O)nn1-c1ccccc1Cl. The molecule has 1 aliphatic rings. The van der Waals surface area contributed by atoms with Crippen LogP contribution in [0, 0.1) is 0 Å². The molecule has 0 spiro atoms. The maximum atomic E-state index is 11.3. The second-order valence-electron chi connectivity index (χ2n) is 6.65. The molecule has 2 heterocycles. The molecular formula is C18H24ClN5O. The van der Waals surface area contributed by atoms with Gasteiger partial charge >= 0.3 is 0 Å². The lowest BCUT2D eigenvalue weighted by atomic mass is 10.1. The van der Waals surface area contributed by atoms with E-state index in [1.807, 2.05) is 24.3 Å². The third-order valence-corrected chi connectivity index (χ3v) is 4.83. The van der Waals surface area contributed by atoms with Crippen LogP contribution >= 0.6 is 11.6 Å². The number of rotatable bonds is 6. The lowest BCUT2D eigenvalue weighted by Gasteiger charge is -2.28. The van der Waals surface area contributed by atoms with E-state index in [1.165, 1.54) is 19.3 Å². The molecule has 7 heteroatoms. The fourth-order valence-electron chi connectivity index (χ4n) is 3.33. The number of benzene rings is 1. The van der Waals surface area contributed by atoms with Gasteiger partial charge in [0, 0.05) is 12.5 Å². The topological polar surface area (TPSA) is 77.0 Å². The average molecular weight is 362 g/mol. The first-order valence-electron chi connectivity index (χ1n) is 8.76. The van der Waals surface area contributed by atoms with Crippen LogP contribution in [0.1, 0.15) is 43.8 Å². The van der Waals surface area contributed by atoms with Crippen molar-refractivity contribution < 1.29 is 4.79 Å². The van der Waals surface area contributed by atoms with Crippen molar-refractivity contribution in [3.05, 3.63) is 40.9 Å². The number of likely N-dealkylation sites (tertiary alicyclic amines) is 1. The zero-order valence-electron chi connectivity index (χ0n) is 14.5. The summed E-state index contributed by atoms with van der Waals surface area (Å²) in [7, 11) is 0. The van der Waals surface area contributed by atoms with Crippen molar-refractivity contribution in [3.63, 3.8) is 0 Å². The van der Waals surface area contributed by atoms with E-state index in [0.29, 0.717) is 10.8 Å². The molecule has 0 bridgehead atoms. The normalized spacial score (nSPS) is 16.7. The van der Waals surface area contributed by atoms with Crippen LogP contribution in [0.15, 0.2) is 24.3 Å². The first-order valence-corrected chi connectivity index (χ1v) is 9.14. The Hall–Kier alpha value is -1.92. The zero-order valence-corrected chi connectivity index (χ0v) is 15.2. The van der Waals surface area contributed by atoms with Gasteiger partial charge < -0.3 is 10.6 Å². The minimum atomic E-state index is -0.438. The van der Waals surface area contributed by atoms with E-state index in [1.54, 1.807) is 4.68 Å². The Labute approximate surface area is 153 Å². The van der Waals surface area contributed by atoms with Crippen LogP contribution in [0.25, 0.3) is 5.69 Å². The van der Waals surface area contributed by atoms with Crippen LogP contribution in [0.5, 0.6) is 0 Å². The Balaban J connectivity index is 1.91. The lowest BCUT2D eigenvalue weighted by molar-refractivity contribution is -0.117. The van der Waals surface area contributed by atoms with Gasteiger partial charge in [-0.25, -0.2) is 9.67 Å². The van der Waals surface area contributed by atoms with Gasteiger partial charge in [-0.15, -0.1) is 0 Å². The van der Waals surface area contributed by atoms with Gasteiger partial charge in [0.05, 0.1) is 17.1 Å². The predicted molar refractivity (Wildman–Crippen MR) is 98.0 cm³/mol. The molecule has 0 radical (unpaired) electrons. The van der Waals surface area contributed by atoms with E-state index in [0.717, 1.165) is 31.1 Å². The lowest BCUT2D eigenvalue weighted by Crippen LogP contribution is -2.33. The highest BCUT2D eigenvalue weighted by Gasteiger charge is 2.22. The molecule has 1 amide bonds. The van der Waals surface area contributed by atoms with Crippen molar-refractivity contribution in [2.24, 2.45) is 5.73 Å². The number of halogens is 1. The summed E-state index contributed by atoms with van der Waals surface area (Å²) in [5.74, 6) is 0.984. The second-order valence-corrected chi connectivity index (χ2v) is 7.06. The largest absolute Gasteiger partial charge is 0.369 e. The van der Waals surface area contributed by atoms with E-state index in [9.17, 15) is 4.79 Å². The van der Waals surface area contributed by atoms with Crippen molar-refractivity contribution in [1.82, 2.24) is 19.7 Å². The molecule has 1 aromatic heterocycles. The van der Waals surface area contributed by atoms with Gasteiger partial charge in [-0.2, -0.15) is 5.10 Å². The number of carbonyl (C=O) groups excluding carboxylic acids is 1. The summed E-state index contributed by atoms with van der Waals surface area (Å²) in [5, 5.41) is 5.10. The van der Waals surface area contributed by atoms with Crippen molar-refractivity contribution in [3.8, 4) is 5.69 Å². The maximum absolute atomic E-state index is 11.3. The molecule has 1 aliphatic heterocycles. The number of piperidine rings is 1. The number of hydrogen-bond donors (Lipinski definition) is 1. The third-order valence-electron chi connectivity index (χ3n) is 4.51. The number of hydrogen-bond acceptors (Lipinski definition) is 4. The van der Waals surface area contributed by atoms with Crippen LogP contribution in [0.2, 0.25) is 5.02 Å². The number of nitrogens with two attached hydrogens (primary N) is 1. The molecule has 0 aliphatic carbocycles. The molecule has 25 heavy (non-hydrogen) atoms. The van der Waals surface area contributed by atoms with Gasteiger partial charge in [0.15, 0.2) is 5.82 Å². The van der Waals surface area contributed by atoms with E-state index in [4.69, 9.17) is 17.3 Å². The van der Waals surface area contributed by atoms with E-state index >= 15 is 0 Å². The van der Waals surface area contributed by atoms with E-state index in [-0.39, 0.29) is 12.3 Å². The Kier molecular flexibility index (Phi) is 5.71. The molecular weight excluding hydrogens is 338 g/mol. The van der Waals surface area contributed by atoms with Gasteiger partial charge in [0.25, 0.3) is 0 Å². The Morgan fingerprint density at radius 3 is 2.68 bits per heavy atom. The highest BCUT2D eigenvalue weighted by molar-refractivity contribution is 6.32. The number of amides is 1. The average Bonchev–Trinajstić information content (AvgIpc) is 2.99. The number of para-hydroxylation sites is 1. The van der Waals surface area contributed by atoms with Crippen LogP contribution < -0.4 is 5.73 Å². The third kappa shape index (κ3) is 4.38. The number of carbonyl (C=O) groups is 1. The fraction of sp³-hybridized carbons (Fsp3) is 0.500. The van der Waals surface area contributed by atoms with E-state index < -0.39 is 5.91 Å². The molecule has 6 nitrogen and oxygen atoms in total. The number of aromatic nitrogens is 3. The van der Waals surface area contributed by atoms with Gasteiger partial charge in [-0.1, -0.05) is 37.1 Å². The van der Waals surface area contributed by atoms with Crippen molar-refractivity contribution >= 4 is 17.5 Å². The summed E-state index contributed by atoms with van der Waals surface area (Å²) in [4.78, 5) is 18.3. The fourth-order valence-corrected chi connectivity index (χ4v) is 3.55. The number of nitrogens with zero attached hydrogens (tertiary/aromatic N) is 4. The predicted octanol–water partition coefficient (Wildman–Crippen LogP) is 2.54. The number of primary amides is 1. The maximum Gasteiger partial charge on any atom is 0.225 e.